The highest BCUT2D eigenvalue weighted by molar-refractivity contribution is 6.13. The Bertz CT molecular complexity index is 549. The highest BCUT2D eigenvalue weighted by atomic mass is 16.1. The van der Waals surface area contributed by atoms with Crippen molar-refractivity contribution in [2.45, 2.75) is 0 Å². The van der Waals surface area contributed by atoms with Crippen molar-refractivity contribution in [2.75, 3.05) is 37.4 Å². The third-order valence-electron chi connectivity index (χ3n) is 3.23. The van der Waals surface area contributed by atoms with E-state index in [4.69, 9.17) is 5.73 Å². The van der Waals surface area contributed by atoms with Gasteiger partial charge < -0.3 is 16.0 Å². The molecule has 0 radical (unpaired) electrons. The van der Waals surface area contributed by atoms with Gasteiger partial charge >= 0.3 is 0 Å². The summed E-state index contributed by atoms with van der Waals surface area (Å²) in [6.45, 7) is 1.80. The molecule has 0 bridgehead atoms. The highest BCUT2D eigenvalue weighted by Crippen LogP contribution is 2.33. The standard InChI is InChI=1S/C14H18N4O/c1-16-8-11(7-15)12-6-14-13(5-10(12)9-19)17-3-4-18(14)2/h5-9,17H,3-4,15H2,1-2H3/b11-7+,16-8?. The van der Waals surface area contributed by atoms with Crippen LogP contribution in [0.1, 0.15) is 15.9 Å². The van der Waals surface area contributed by atoms with Crippen LogP contribution >= 0.6 is 0 Å². The smallest absolute Gasteiger partial charge is 0.150 e. The van der Waals surface area contributed by atoms with Gasteiger partial charge in [0.1, 0.15) is 0 Å². The van der Waals surface area contributed by atoms with E-state index >= 15 is 0 Å². The fourth-order valence-corrected chi connectivity index (χ4v) is 2.23. The van der Waals surface area contributed by atoms with Crippen molar-refractivity contribution in [3.63, 3.8) is 0 Å². The summed E-state index contributed by atoms with van der Waals surface area (Å²) in [5.41, 5.74) is 9.82. The number of nitrogens with one attached hydrogen (secondary N) is 1. The molecule has 0 atom stereocenters. The molecule has 5 nitrogen and oxygen atoms in total. The summed E-state index contributed by atoms with van der Waals surface area (Å²) in [7, 11) is 3.71. The number of hydrogen-bond acceptors (Lipinski definition) is 5. The molecule has 0 saturated carbocycles. The topological polar surface area (TPSA) is 70.7 Å². The molecule has 1 aromatic carbocycles. The summed E-state index contributed by atoms with van der Waals surface area (Å²) in [6.07, 6.45) is 3.97. The number of hydrogen-bond donors (Lipinski definition) is 2. The van der Waals surface area contributed by atoms with Crippen LogP contribution in [0.3, 0.4) is 0 Å². The monoisotopic (exact) mass is 258 g/mol. The zero-order valence-corrected chi connectivity index (χ0v) is 11.2. The second-order valence-corrected chi connectivity index (χ2v) is 4.43. The quantitative estimate of drug-likeness (QED) is 0.634. The Hall–Kier alpha value is -2.30. The molecule has 0 saturated heterocycles. The largest absolute Gasteiger partial charge is 0.404 e. The number of benzene rings is 1. The van der Waals surface area contributed by atoms with Crippen molar-refractivity contribution in [3.8, 4) is 0 Å². The van der Waals surface area contributed by atoms with Crippen LogP contribution in [-0.4, -0.2) is 39.7 Å². The maximum absolute atomic E-state index is 11.3. The molecular formula is C14H18N4O. The fourth-order valence-electron chi connectivity index (χ4n) is 2.23. The minimum atomic E-state index is 0.609. The van der Waals surface area contributed by atoms with Gasteiger partial charge in [-0.05, 0) is 17.7 Å². The van der Waals surface area contributed by atoms with Crippen LogP contribution in [-0.2, 0) is 0 Å². The third kappa shape index (κ3) is 2.45. The molecule has 0 amide bonds. The van der Waals surface area contributed by atoms with Crippen LogP contribution in [0.4, 0.5) is 11.4 Å². The van der Waals surface area contributed by atoms with Crippen LogP contribution in [0.5, 0.6) is 0 Å². The van der Waals surface area contributed by atoms with Crippen LogP contribution in [0, 0.1) is 0 Å². The number of nitrogens with two attached hydrogens (primary N) is 1. The summed E-state index contributed by atoms with van der Waals surface area (Å²) in [4.78, 5) is 17.4. The highest BCUT2D eigenvalue weighted by Gasteiger charge is 2.17. The Morgan fingerprint density at radius 3 is 2.95 bits per heavy atom. The van der Waals surface area contributed by atoms with Crippen LogP contribution in [0.15, 0.2) is 23.3 Å². The zero-order valence-electron chi connectivity index (χ0n) is 11.2. The second kappa shape index (κ2) is 5.56. The molecule has 3 N–H and O–H groups in total. The van der Waals surface area contributed by atoms with Crippen LogP contribution in [0.2, 0.25) is 0 Å². The zero-order chi connectivity index (χ0) is 13.8. The first-order valence-corrected chi connectivity index (χ1v) is 6.14. The predicted octanol–water partition coefficient (Wildman–Crippen LogP) is 1.36. The van der Waals surface area contributed by atoms with Gasteiger partial charge in [0.05, 0.1) is 11.4 Å². The molecule has 0 unspecified atom stereocenters. The van der Waals surface area contributed by atoms with Crippen molar-refractivity contribution in [2.24, 2.45) is 10.7 Å². The van der Waals surface area contributed by atoms with E-state index in [1.54, 1.807) is 13.3 Å². The molecule has 1 aliphatic rings. The fraction of sp³-hybridized carbons (Fsp3) is 0.286. The minimum absolute atomic E-state index is 0.609. The number of anilines is 2. The van der Waals surface area contributed by atoms with E-state index < -0.39 is 0 Å². The van der Waals surface area contributed by atoms with Gasteiger partial charge in [-0.1, -0.05) is 0 Å². The molecule has 1 heterocycles. The Labute approximate surface area is 112 Å². The van der Waals surface area contributed by atoms with Crippen molar-refractivity contribution < 1.29 is 4.79 Å². The van der Waals surface area contributed by atoms with Gasteiger partial charge in [0.2, 0.25) is 0 Å². The Balaban J connectivity index is 2.60. The number of likely N-dealkylation sites (N-methyl/N-ethyl adjacent to an activating group) is 1. The lowest BCUT2D eigenvalue weighted by Crippen LogP contribution is -2.30. The molecule has 1 aromatic rings. The van der Waals surface area contributed by atoms with E-state index in [0.29, 0.717) is 5.56 Å². The molecule has 0 spiro atoms. The van der Waals surface area contributed by atoms with Crippen LogP contribution < -0.4 is 16.0 Å². The van der Waals surface area contributed by atoms with Gasteiger partial charge in [0, 0.05) is 50.7 Å². The maximum Gasteiger partial charge on any atom is 0.150 e. The van der Waals surface area contributed by atoms with Crippen molar-refractivity contribution in [1.29, 1.82) is 0 Å². The normalized spacial score (nSPS) is 15.3. The number of carbonyl (C=O) groups is 1. The number of aliphatic imine (C=N–C) groups is 1. The van der Waals surface area contributed by atoms with E-state index in [1.807, 2.05) is 19.2 Å². The SMILES string of the molecule is CN=C/C(=C\N)c1cc2c(cc1C=O)NCCN2C. The van der Waals surface area contributed by atoms with E-state index in [-0.39, 0.29) is 0 Å². The number of rotatable bonds is 3. The van der Waals surface area contributed by atoms with Gasteiger partial charge in [-0.15, -0.1) is 0 Å². The molecule has 0 aromatic heterocycles. The predicted molar refractivity (Wildman–Crippen MR) is 80.2 cm³/mol. The van der Waals surface area contributed by atoms with Gasteiger partial charge in [-0.2, -0.15) is 0 Å². The average molecular weight is 258 g/mol. The minimum Gasteiger partial charge on any atom is -0.404 e. The Morgan fingerprint density at radius 1 is 1.53 bits per heavy atom. The van der Waals surface area contributed by atoms with Crippen molar-refractivity contribution >= 4 is 29.4 Å². The molecule has 19 heavy (non-hydrogen) atoms. The molecule has 0 fully saturated rings. The lowest BCUT2D eigenvalue weighted by molar-refractivity contribution is 0.112. The average Bonchev–Trinajstić information content (AvgIpc) is 2.44. The van der Waals surface area contributed by atoms with E-state index in [1.165, 1.54) is 6.20 Å². The summed E-state index contributed by atoms with van der Waals surface area (Å²) in [5, 5.41) is 3.30. The number of aldehydes is 1. The molecule has 1 aliphatic heterocycles. The van der Waals surface area contributed by atoms with Crippen molar-refractivity contribution in [1.82, 2.24) is 0 Å². The number of fused-ring (bicyclic) bond motifs is 1. The Kier molecular flexibility index (Phi) is 3.85. The molecule has 5 heteroatoms. The molecular weight excluding hydrogens is 240 g/mol. The first kappa shape index (κ1) is 13.1. The summed E-state index contributed by atoms with van der Waals surface area (Å²) < 4.78 is 0. The lowest BCUT2D eigenvalue weighted by Gasteiger charge is -2.29. The van der Waals surface area contributed by atoms with Gasteiger partial charge in [-0.3, -0.25) is 9.79 Å². The molecule has 100 valence electrons. The third-order valence-corrected chi connectivity index (χ3v) is 3.23. The first-order valence-electron chi connectivity index (χ1n) is 6.14. The van der Waals surface area contributed by atoms with E-state index in [2.05, 4.69) is 15.2 Å². The summed E-state index contributed by atoms with van der Waals surface area (Å²) in [5.74, 6) is 0. The summed E-state index contributed by atoms with van der Waals surface area (Å²) in [6, 6.07) is 3.84. The van der Waals surface area contributed by atoms with Crippen molar-refractivity contribution in [3.05, 3.63) is 29.5 Å². The number of carbonyl (C=O) groups excluding carboxylic acids is 1. The lowest BCUT2D eigenvalue weighted by atomic mass is 9.98. The van der Waals surface area contributed by atoms with Crippen LogP contribution in [0.25, 0.3) is 5.57 Å². The van der Waals surface area contributed by atoms with Gasteiger partial charge in [0.15, 0.2) is 6.29 Å². The number of allylic oxidation sites excluding steroid dienone is 1. The second-order valence-electron chi connectivity index (χ2n) is 4.43. The summed E-state index contributed by atoms with van der Waals surface area (Å²) >= 11 is 0. The van der Waals surface area contributed by atoms with E-state index in [9.17, 15) is 4.79 Å². The number of nitrogens with zero attached hydrogens (tertiary/aromatic N) is 2. The first-order chi connectivity index (χ1) is 9.21. The Morgan fingerprint density at radius 2 is 2.32 bits per heavy atom. The van der Waals surface area contributed by atoms with E-state index in [0.717, 1.165) is 41.9 Å². The molecule has 0 aliphatic carbocycles. The van der Waals surface area contributed by atoms with Gasteiger partial charge in [-0.25, -0.2) is 0 Å². The molecule has 2 rings (SSSR count). The maximum atomic E-state index is 11.3. The van der Waals surface area contributed by atoms with Gasteiger partial charge in [0.25, 0.3) is 0 Å².